The van der Waals surface area contributed by atoms with Crippen molar-refractivity contribution in [1.82, 2.24) is 10.2 Å². The number of nitrogens with zero attached hydrogens (tertiary/aromatic N) is 1. The second-order valence-corrected chi connectivity index (χ2v) is 2.63. The van der Waals surface area contributed by atoms with Crippen LogP contribution in [0.3, 0.4) is 0 Å². The fraction of sp³-hybridized carbons (Fsp3) is 0.429. The van der Waals surface area contributed by atoms with Crippen LogP contribution in [0.15, 0.2) is 6.07 Å². The number of aldehydes is 1. The minimum Gasteiger partial charge on any atom is -0.303 e. The zero-order valence-electron chi connectivity index (χ0n) is 6.72. The van der Waals surface area contributed by atoms with Crippen molar-refractivity contribution in [3.63, 3.8) is 0 Å². The molecule has 0 saturated carbocycles. The Morgan fingerprint density at radius 3 is 2.62 bits per heavy atom. The zero-order valence-corrected chi connectivity index (χ0v) is 6.72. The van der Waals surface area contributed by atoms with Crippen molar-refractivity contribution >= 4 is 6.29 Å². The third-order valence-corrected chi connectivity index (χ3v) is 1.58. The molecule has 1 rings (SSSR count). The molecule has 1 heterocycles. The molecule has 1 atom stereocenters. The summed E-state index contributed by atoms with van der Waals surface area (Å²) in [6, 6.07) is 0.832. The van der Waals surface area contributed by atoms with Crippen LogP contribution in [0.2, 0.25) is 0 Å². The minimum absolute atomic E-state index is 0.169. The smallest absolute Gasteiger partial charge is 0.303 e. The molecule has 0 aliphatic carbocycles. The van der Waals surface area contributed by atoms with E-state index in [1.54, 1.807) is 0 Å². The lowest BCUT2D eigenvalue weighted by molar-refractivity contribution is -0.141. The van der Waals surface area contributed by atoms with Crippen molar-refractivity contribution in [1.29, 1.82) is 0 Å². The summed E-state index contributed by atoms with van der Waals surface area (Å²) in [5.41, 5.74) is -0.835. The highest BCUT2D eigenvalue weighted by Crippen LogP contribution is 2.28. The highest BCUT2D eigenvalue weighted by atomic mass is 19.4. The second-order valence-electron chi connectivity index (χ2n) is 2.63. The Balaban J connectivity index is 2.93. The number of carbonyl (C=O) groups excluding carboxylic acids is 1. The molecule has 0 amide bonds. The number of alkyl halides is 3. The van der Waals surface area contributed by atoms with Gasteiger partial charge in [-0.05, 0) is 6.07 Å². The van der Waals surface area contributed by atoms with Gasteiger partial charge in [0.25, 0.3) is 0 Å². The van der Waals surface area contributed by atoms with Gasteiger partial charge in [0, 0.05) is 5.69 Å². The molecule has 6 heteroatoms. The van der Waals surface area contributed by atoms with E-state index in [9.17, 15) is 18.0 Å². The summed E-state index contributed by atoms with van der Waals surface area (Å²) in [6.07, 6.45) is -3.91. The zero-order chi connectivity index (χ0) is 10.1. The van der Waals surface area contributed by atoms with Crippen molar-refractivity contribution < 1.29 is 18.0 Å². The molecule has 13 heavy (non-hydrogen) atoms. The molecule has 0 spiro atoms. The van der Waals surface area contributed by atoms with E-state index in [0.29, 0.717) is 6.29 Å². The third-order valence-electron chi connectivity index (χ3n) is 1.58. The fourth-order valence-electron chi connectivity index (χ4n) is 0.788. The molecule has 1 N–H and O–H groups in total. The van der Waals surface area contributed by atoms with Gasteiger partial charge in [-0.15, -0.1) is 0 Å². The summed E-state index contributed by atoms with van der Waals surface area (Å²) in [5.74, 6) is -0.594. The Morgan fingerprint density at radius 2 is 2.23 bits per heavy atom. The number of aromatic amines is 1. The quantitative estimate of drug-likeness (QED) is 0.725. The van der Waals surface area contributed by atoms with Crippen molar-refractivity contribution in [2.24, 2.45) is 0 Å². The Morgan fingerprint density at radius 1 is 1.62 bits per heavy atom. The maximum absolute atomic E-state index is 12.0. The van der Waals surface area contributed by atoms with Gasteiger partial charge in [0.1, 0.15) is 6.29 Å². The summed E-state index contributed by atoms with van der Waals surface area (Å²) in [6.45, 7) is 1.49. The number of rotatable bonds is 2. The van der Waals surface area contributed by atoms with Crippen LogP contribution in [0.4, 0.5) is 13.2 Å². The van der Waals surface area contributed by atoms with E-state index in [2.05, 4.69) is 10.2 Å². The number of H-pyrrole nitrogens is 1. The van der Waals surface area contributed by atoms with Crippen molar-refractivity contribution in [3.05, 3.63) is 17.5 Å². The van der Waals surface area contributed by atoms with Crippen LogP contribution in [0.1, 0.15) is 24.2 Å². The Bertz CT molecular complexity index is 305. The van der Waals surface area contributed by atoms with E-state index in [1.165, 1.54) is 6.92 Å². The number of carbonyl (C=O) groups is 1. The van der Waals surface area contributed by atoms with Crippen molar-refractivity contribution in [3.8, 4) is 0 Å². The van der Waals surface area contributed by atoms with E-state index in [0.717, 1.165) is 6.07 Å². The maximum Gasteiger partial charge on any atom is 0.435 e. The molecule has 1 unspecified atom stereocenters. The molecular weight excluding hydrogens is 185 g/mol. The van der Waals surface area contributed by atoms with Gasteiger partial charge in [-0.3, -0.25) is 5.10 Å². The minimum atomic E-state index is -4.46. The Hall–Kier alpha value is -1.33. The summed E-state index contributed by atoms with van der Waals surface area (Å²) in [4.78, 5) is 10.2. The van der Waals surface area contributed by atoms with Crippen LogP contribution in [0.25, 0.3) is 0 Å². The summed E-state index contributed by atoms with van der Waals surface area (Å²) >= 11 is 0. The molecule has 0 radical (unpaired) electrons. The molecule has 1 aromatic rings. The van der Waals surface area contributed by atoms with Gasteiger partial charge >= 0.3 is 6.18 Å². The van der Waals surface area contributed by atoms with E-state index in [1.807, 2.05) is 0 Å². The molecule has 0 bridgehead atoms. The highest BCUT2D eigenvalue weighted by molar-refractivity contribution is 5.60. The average molecular weight is 192 g/mol. The van der Waals surface area contributed by atoms with E-state index in [-0.39, 0.29) is 5.69 Å². The van der Waals surface area contributed by atoms with Gasteiger partial charge in [-0.2, -0.15) is 18.3 Å². The number of hydrogen-bond donors (Lipinski definition) is 1. The first kappa shape index (κ1) is 9.76. The first-order valence-corrected chi connectivity index (χ1v) is 3.53. The molecule has 3 nitrogen and oxygen atoms in total. The van der Waals surface area contributed by atoms with E-state index < -0.39 is 17.8 Å². The van der Waals surface area contributed by atoms with E-state index >= 15 is 0 Å². The topological polar surface area (TPSA) is 45.8 Å². The average Bonchev–Trinajstić information content (AvgIpc) is 2.50. The monoisotopic (exact) mass is 192 g/mol. The molecule has 1 aromatic heterocycles. The summed E-state index contributed by atoms with van der Waals surface area (Å²) in [7, 11) is 0. The second kappa shape index (κ2) is 3.20. The number of halogens is 3. The van der Waals surface area contributed by atoms with Crippen molar-refractivity contribution in [2.75, 3.05) is 0 Å². The molecule has 72 valence electrons. The van der Waals surface area contributed by atoms with Gasteiger partial charge in [0.2, 0.25) is 0 Å². The third kappa shape index (κ3) is 2.07. The molecule has 0 aliphatic heterocycles. The number of nitrogens with one attached hydrogen (secondary N) is 1. The number of aromatic nitrogens is 2. The molecular formula is C7H7F3N2O. The predicted octanol–water partition coefficient (Wildman–Crippen LogP) is 1.73. The SMILES string of the molecule is CC(C=O)c1cc(C(F)(F)F)n[nH]1. The summed E-state index contributed by atoms with van der Waals surface area (Å²) in [5, 5.41) is 5.21. The van der Waals surface area contributed by atoms with Gasteiger partial charge < -0.3 is 4.79 Å². The molecule has 0 aliphatic rings. The molecule has 0 fully saturated rings. The van der Waals surface area contributed by atoms with Crippen LogP contribution in [-0.4, -0.2) is 16.5 Å². The predicted molar refractivity (Wildman–Crippen MR) is 38.1 cm³/mol. The van der Waals surface area contributed by atoms with Gasteiger partial charge in [-0.25, -0.2) is 0 Å². The standard InChI is InChI=1S/C7H7F3N2O/c1-4(3-13)5-2-6(12-11-5)7(8,9)10/h2-4H,1H3,(H,11,12). The Labute approximate surface area is 71.9 Å². The van der Waals surface area contributed by atoms with Gasteiger partial charge in [-0.1, -0.05) is 6.92 Å². The molecule has 0 aromatic carbocycles. The largest absolute Gasteiger partial charge is 0.435 e. The van der Waals surface area contributed by atoms with Gasteiger partial charge in [0.05, 0.1) is 5.92 Å². The first-order chi connectivity index (χ1) is 5.95. The van der Waals surface area contributed by atoms with Crippen LogP contribution < -0.4 is 0 Å². The van der Waals surface area contributed by atoms with Gasteiger partial charge in [0.15, 0.2) is 5.69 Å². The van der Waals surface area contributed by atoms with Crippen LogP contribution in [0.5, 0.6) is 0 Å². The van der Waals surface area contributed by atoms with Crippen LogP contribution in [0, 0.1) is 0 Å². The Kier molecular flexibility index (Phi) is 2.40. The first-order valence-electron chi connectivity index (χ1n) is 3.53. The highest BCUT2D eigenvalue weighted by Gasteiger charge is 2.34. The molecule has 0 saturated heterocycles. The van der Waals surface area contributed by atoms with E-state index in [4.69, 9.17) is 0 Å². The lowest BCUT2D eigenvalue weighted by atomic mass is 10.1. The normalized spacial score (nSPS) is 14.2. The number of hydrogen-bond acceptors (Lipinski definition) is 2. The fourth-order valence-corrected chi connectivity index (χ4v) is 0.788. The maximum atomic E-state index is 12.0. The van der Waals surface area contributed by atoms with Crippen molar-refractivity contribution in [2.45, 2.75) is 19.0 Å². The summed E-state index contributed by atoms with van der Waals surface area (Å²) < 4.78 is 36.0. The lowest BCUT2D eigenvalue weighted by Gasteiger charge is -1.99. The lowest BCUT2D eigenvalue weighted by Crippen LogP contribution is -2.04. The van der Waals surface area contributed by atoms with Crippen LogP contribution >= 0.6 is 0 Å². The van der Waals surface area contributed by atoms with Crippen LogP contribution in [-0.2, 0) is 11.0 Å².